The first-order valence-electron chi connectivity index (χ1n) is 7.87. The van der Waals surface area contributed by atoms with Gasteiger partial charge in [-0.15, -0.1) is 0 Å². The van der Waals surface area contributed by atoms with Gasteiger partial charge in [-0.25, -0.2) is 8.42 Å². The molecule has 2 aromatic rings. The minimum absolute atomic E-state index is 0.0208. The first-order chi connectivity index (χ1) is 12.6. The molecule has 1 aliphatic heterocycles. The fourth-order valence-electron chi connectivity index (χ4n) is 2.81. The van der Waals surface area contributed by atoms with E-state index in [0.717, 1.165) is 12.1 Å². The van der Waals surface area contributed by atoms with Crippen molar-refractivity contribution in [2.24, 2.45) is 0 Å². The number of alkyl halides is 3. The fraction of sp³-hybridized carbons (Fsp3) is 0.235. The number of nitrogens with zero attached hydrogens (tertiary/aromatic N) is 1. The van der Waals surface area contributed by atoms with E-state index in [1.807, 2.05) is 0 Å². The number of carbonyl (C=O) groups is 1. The van der Waals surface area contributed by atoms with Gasteiger partial charge in [0.25, 0.3) is 5.91 Å². The minimum atomic E-state index is -4.67. The third kappa shape index (κ3) is 4.03. The highest BCUT2D eigenvalue weighted by molar-refractivity contribution is 7.93. The van der Waals surface area contributed by atoms with Gasteiger partial charge < -0.3 is 5.32 Å². The topological polar surface area (TPSA) is 66.5 Å². The van der Waals surface area contributed by atoms with Gasteiger partial charge in [-0.05, 0) is 36.8 Å². The molecule has 1 amide bonds. The molecule has 1 fully saturated rings. The summed E-state index contributed by atoms with van der Waals surface area (Å²) < 4.78 is 64.3. The average molecular weight is 419 g/mol. The summed E-state index contributed by atoms with van der Waals surface area (Å²) in [5, 5.41) is 2.36. The quantitative estimate of drug-likeness (QED) is 0.814. The zero-order valence-electron chi connectivity index (χ0n) is 13.8. The van der Waals surface area contributed by atoms with Crippen LogP contribution < -0.4 is 9.62 Å². The summed E-state index contributed by atoms with van der Waals surface area (Å²) in [6.45, 7) is 0.323. The van der Waals surface area contributed by atoms with E-state index in [-0.39, 0.29) is 16.5 Å². The smallest absolute Gasteiger partial charge is 0.321 e. The Morgan fingerprint density at radius 1 is 1.15 bits per heavy atom. The molecule has 0 atom stereocenters. The number of nitrogens with one attached hydrogen (secondary N) is 1. The molecule has 10 heteroatoms. The van der Waals surface area contributed by atoms with Crippen LogP contribution in [0.3, 0.4) is 0 Å². The van der Waals surface area contributed by atoms with E-state index < -0.39 is 33.2 Å². The van der Waals surface area contributed by atoms with Crippen LogP contribution in [-0.4, -0.2) is 26.6 Å². The molecule has 0 radical (unpaired) electrons. The average Bonchev–Trinajstić information content (AvgIpc) is 2.95. The molecule has 27 heavy (non-hydrogen) atoms. The first kappa shape index (κ1) is 19.5. The number of rotatable bonds is 3. The molecule has 1 aliphatic rings. The van der Waals surface area contributed by atoms with Gasteiger partial charge >= 0.3 is 6.18 Å². The van der Waals surface area contributed by atoms with E-state index in [4.69, 9.17) is 11.6 Å². The summed E-state index contributed by atoms with van der Waals surface area (Å²) in [5.74, 6) is -0.927. The van der Waals surface area contributed by atoms with Crippen molar-refractivity contribution in [1.82, 2.24) is 0 Å². The first-order valence-corrected chi connectivity index (χ1v) is 9.86. The third-order valence-electron chi connectivity index (χ3n) is 4.07. The normalized spacial score (nSPS) is 16.4. The van der Waals surface area contributed by atoms with Crippen molar-refractivity contribution in [3.63, 3.8) is 0 Å². The number of anilines is 2. The maximum atomic E-state index is 13.1. The molecule has 0 spiro atoms. The summed E-state index contributed by atoms with van der Waals surface area (Å²) >= 11 is 6.10. The van der Waals surface area contributed by atoms with Gasteiger partial charge in [0.2, 0.25) is 10.0 Å². The lowest BCUT2D eigenvalue weighted by molar-refractivity contribution is -0.137. The number of sulfonamides is 1. The second-order valence-electron chi connectivity index (χ2n) is 5.90. The number of amides is 1. The SMILES string of the molecule is O=C(Nc1ccc(N2CCCS2(=O)=O)cc1Cl)c1ccccc1C(F)(F)F. The van der Waals surface area contributed by atoms with Crippen LogP contribution in [0, 0.1) is 0 Å². The number of hydrogen-bond donors (Lipinski definition) is 1. The second-order valence-corrected chi connectivity index (χ2v) is 8.32. The van der Waals surface area contributed by atoms with Crippen LogP contribution in [0.5, 0.6) is 0 Å². The Morgan fingerprint density at radius 2 is 1.85 bits per heavy atom. The van der Waals surface area contributed by atoms with E-state index in [2.05, 4.69) is 5.32 Å². The summed E-state index contributed by atoms with van der Waals surface area (Å²) in [6.07, 6.45) is -4.18. The number of carbonyl (C=O) groups excluding carboxylic acids is 1. The Hall–Kier alpha value is -2.26. The Kier molecular flexibility index (Phi) is 5.09. The molecule has 0 unspecified atom stereocenters. The maximum Gasteiger partial charge on any atom is 0.417 e. The van der Waals surface area contributed by atoms with Crippen molar-refractivity contribution in [1.29, 1.82) is 0 Å². The molecular weight excluding hydrogens is 405 g/mol. The predicted molar refractivity (Wildman–Crippen MR) is 96.6 cm³/mol. The van der Waals surface area contributed by atoms with Crippen LogP contribution in [0.15, 0.2) is 42.5 Å². The number of benzene rings is 2. The lowest BCUT2D eigenvalue weighted by atomic mass is 10.1. The van der Waals surface area contributed by atoms with Crippen molar-refractivity contribution in [3.05, 3.63) is 58.6 Å². The Balaban J connectivity index is 1.86. The molecule has 0 saturated carbocycles. The molecular formula is C17H14ClF3N2O3S. The standard InChI is InChI=1S/C17H14ClF3N2O3S/c18-14-10-11(23-8-3-9-27(23,25)26)6-7-15(14)22-16(24)12-4-1-2-5-13(12)17(19,20)21/h1-2,4-7,10H,3,8-9H2,(H,22,24). The molecule has 144 valence electrons. The molecule has 0 aromatic heterocycles. The Morgan fingerprint density at radius 3 is 2.44 bits per heavy atom. The van der Waals surface area contributed by atoms with Crippen molar-refractivity contribution < 1.29 is 26.4 Å². The monoisotopic (exact) mass is 418 g/mol. The summed E-state index contributed by atoms with van der Waals surface area (Å²) in [4.78, 5) is 12.3. The largest absolute Gasteiger partial charge is 0.417 e. The Bertz CT molecular complexity index is 993. The predicted octanol–water partition coefficient (Wildman–Crippen LogP) is 4.15. The van der Waals surface area contributed by atoms with Gasteiger partial charge in [0.1, 0.15) is 0 Å². The highest BCUT2D eigenvalue weighted by Crippen LogP contribution is 2.34. The summed E-state index contributed by atoms with van der Waals surface area (Å²) in [7, 11) is -3.40. The zero-order chi connectivity index (χ0) is 19.8. The van der Waals surface area contributed by atoms with Crippen LogP contribution in [0.25, 0.3) is 0 Å². The van der Waals surface area contributed by atoms with Crippen molar-refractivity contribution in [2.75, 3.05) is 21.9 Å². The van der Waals surface area contributed by atoms with E-state index in [1.165, 1.54) is 34.6 Å². The molecule has 0 bridgehead atoms. The highest BCUT2D eigenvalue weighted by atomic mass is 35.5. The van der Waals surface area contributed by atoms with Crippen LogP contribution in [0.4, 0.5) is 24.5 Å². The van der Waals surface area contributed by atoms with Gasteiger partial charge in [0.05, 0.1) is 33.3 Å². The number of hydrogen-bond acceptors (Lipinski definition) is 3. The Labute approximate surface area is 158 Å². The van der Waals surface area contributed by atoms with Crippen LogP contribution in [0.2, 0.25) is 5.02 Å². The van der Waals surface area contributed by atoms with Crippen LogP contribution >= 0.6 is 11.6 Å². The molecule has 1 heterocycles. The van der Waals surface area contributed by atoms with Gasteiger partial charge in [0, 0.05) is 6.54 Å². The molecule has 5 nitrogen and oxygen atoms in total. The third-order valence-corrected chi connectivity index (χ3v) is 6.25. The van der Waals surface area contributed by atoms with Crippen LogP contribution in [-0.2, 0) is 16.2 Å². The molecule has 3 rings (SSSR count). The van der Waals surface area contributed by atoms with Crippen LogP contribution in [0.1, 0.15) is 22.3 Å². The fourth-order valence-corrected chi connectivity index (χ4v) is 4.59. The summed E-state index contributed by atoms with van der Waals surface area (Å²) in [6, 6.07) is 8.56. The van der Waals surface area contributed by atoms with Crippen molar-refractivity contribution >= 4 is 38.9 Å². The number of halogens is 4. The van der Waals surface area contributed by atoms with Crippen molar-refractivity contribution in [2.45, 2.75) is 12.6 Å². The second kappa shape index (κ2) is 7.05. The maximum absolute atomic E-state index is 13.1. The highest BCUT2D eigenvalue weighted by Gasteiger charge is 2.35. The van der Waals surface area contributed by atoms with Crippen molar-refractivity contribution in [3.8, 4) is 0 Å². The molecule has 2 aromatic carbocycles. The van der Waals surface area contributed by atoms with E-state index >= 15 is 0 Å². The molecule has 1 N–H and O–H groups in total. The zero-order valence-corrected chi connectivity index (χ0v) is 15.3. The van der Waals surface area contributed by atoms with E-state index in [9.17, 15) is 26.4 Å². The van der Waals surface area contributed by atoms with Gasteiger partial charge in [-0.1, -0.05) is 23.7 Å². The lowest BCUT2D eigenvalue weighted by Gasteiger charge is -2.18. The van der Waals surface area contributed by atoms with E-state index in [0.29, 0.717) is 18.7 Å². The van der Waals surface area contributed by atoms with Gasteiger partial charge in [-0.2, -0.15) is 13.2 Å². The molecule has 0 aliphatic carbocycles. The van der Waals surface area contributed by atoms with Gasteiger partial charge in [0.15, 0.2) is 0 Å². The lowest BCUT2D eigenvalue weighted by Crippen LogP contribution is -2.25. The molecule has 1 saturated heterocycles. The van der Waals surface area contributed by atoms with E-state index in [1.54, 1.807) is 0 Å². The minimum Gasteiger partial charge on any atom is -0.321 e. The van der Waals surface area contributed by atoms with Gasteiger partial charge in [-0.3, -0.25) is 9.10 Å². The summed E-state index contributed by atoms with van der Waals surface area (Å²) in [5.41, 5.74) is -1.17.